The van der Waals surface area contributed by atoms with Crippen molar-refractivity contribution in [2.24, 2.45) is 22.7 Å². The standard InChI is InChI=1S/C21H25F2N3O/c1-20(2,27-18-4-3-16(22)8-17(18)23)19(25-12-24)26-21-9-13-5-14(10-21)7-15(6-13)11-21/h3-4,8,13-15H,5-7,9-11H2,1-2H3,(H,25,26). The maximum atomic E-state index is 14.1. The van der Waals surface area contributed by atoms with Gasteiger partial charge in [-0.1, -0.05) is 0 Å². The summed E-state index contributed by atoms with van der Waals surface area (Å²) in [6.07, 6.45) is 9.06. The van der Waals surface area contributed by atoms with Crippen LogP contribution in [0.25, 0.3) is 0 Å². The minimum Gasteiger partial charge on any atom is -0.477 e. The molecule has 144 valence electrons. The van der Waals surface area contributed by atoms with Crippen LogP contribution in [-0.2, 0) is 0 Å². The first-order valence-electron chi connectivity index (χ1n) is 9.68. The van der Waals surface area contributed by atoms with Crippen LogP contribution in [-0.4, -0.2) is 17.0 Å². The van der Waals surface area contributed by atoms with E-state index < -0.39 is 17.2 Å². The summed E-state index contributed by atoms with van der Waals surface area (Å²) < 4.78 is 33.1. The first kappa shape index (κ1) is 18.2. The van der Waals surface area contributed by atoms with Gasteiger partial charge in [-0.2, -0.15) is 10.3 Å². The summed E-state index contributed by atoms with van der Waals surface area (Å²) >= 11 is 0. The molecule has 0 aliphatic heterocycles. The van der Waals surface area contributed by atoms with Crippen LogP contribution in [0.1, 0.15) is 52.4 Å². The molecule has 4 nitrogen and oxygen atoms in total. The Morgan fingerprint density at radius 1 is 1.19 bits per heavy atom. The molecule has 0 atom stereocenters. The highest BCUT2D eigenvalue weighted by Crippen LogP contribution is 2.55. The van der Waals surface area contributed by atoms with Gasteiger partial charge in [-0.15, -0.1) is 0 Å². The van der Waals surface area contributed by atoms with Crippen molar-refractivity contribution in [3.8, 4) is 11.9 Å². The van der Waals surface area contributed by atoms with Crippen molar-refractivity contribution in [2.75, 3.05) is 0 Å². The van der Waals surface area contributed by atoms with Crippen molar-refractivity contribution in [1.82, 2.24) is 5.32 Å². The number of rotatable bonds is 4. The normalized spacial score (nSPS) is 32.3. The zero-order chi connectivity index (χ0) is 19.2. The molecular formula is C21H25F2N3O. The second kappa shape index (κ2) is 6.47. The van der Waals surface area contributed by atoms with Crippen LogP contribution in [0.3, 0.4) is 0 Å². The van der Waals surface area contributed by atoms with E-state index in [-0.39, 0.29) is 11.3 Å². The fourth-order valence-corrected chi connectivity index (χ4v) is 5.76. The Morgan fingerprint density at radius 2 is 1.78 bits per heavy atom. The molecule has 1 aromatic rings. The van der Waals surface area contributed by atoms with Crippen LogP contribution in [0.4, 0.5) is 8.78 Å². The van der Waals surface area contributed by atoms with Gasteiger partial charge in [0.05, 0.1) is 0 Å². The van der Waals surface area contributed by atoms with Gasteiger partial charge in [0.15, 0.2) is 23.0 Å². The lowest BCUT2D eigenvalue weighted by Gasteiger charge is -2.57. The molecule has 0 radical (unpaired) electrons. The Kier molecular flexibility index (Phi) is 4.37. The average Bonchev–Trinajstić information content (AvgIpc) is 2.55. The first-order chi connectivity index (χ1) is 12.8. The van der Waals surface area contributed by atoms with E-state index in [4.69, 9.17) is 4.74 Å². The number of amidine groups is 1. The molecule has 0 saturated heterocycles. The van der Waals surface area contributed by atoms with E-state index in [0.29, 0.717) is 5.84 Å². The molecular weight excluding hydrogens is 348 g/mol. The van der Waals surface area contributed by atoms with Gasteiger partial charge in [-0.3, -0.25) is 0 Å². The molecule has 4 aliphatic rings. The summed E-state index contributed by atoms with van der Waals surface area (Å²) in [6.45, 7) is 3.50. The Balaban J connectivity index is 1.57. The van der Waals surface area contributed by atoms with Crippen LogP contribution in [0, 0.1) is 40.8 Å². The Labute approximate surface area is 158 Å². The number of benzene rings is 1. The predicted octanol–water partition coefficient (Wildman–Crippen LogP) is 4.56. The highest BCUT2D eigenvalue weighted by Gasteiger charge is 2.52. The van der Waals surface area contributed by atoms with Crippen LogP contribution in [0.15, 0.2) is 23.2 Å². The van der Waals surface area contributed by atoms with Crippen molar-refractivity contribution in [3.05, 3.63) is 29.8 Å². The lowest BCUT2D eigenvalue weighted by Crippen LogP contribution is -2.63. The lowest BCUT2D eigenvalue weighted by molar-refractivity contribution is -0.0122. The van der Waals surface area contributed by atoms with Crippen LogP contribution >= 0.6 is 0 Å². The highest BCUT2D eigenvalue weighted by molar-refractivity contribution is 5.91. The minimum atomic E-state index is -1.04. The molecule has 0 unspecified atom stereocenters. The molecule has 4 saturated carbocycles. The SMILES string of the molecule is CC(C)(Oc1ccc(F)cc1F)/C(=N\C#N)NC12CC3CC(CC(C3)C1)C2. The van der Waals surface area contributed by atoms with Gasteiger partial charge in [0.2, 0.25) is 6.19 Å². The van der Waals surface area contributed by atoms with E-state index in [2.05, 4.69) is 10.3 Å². The maximum Gasteiger partial charge on any atom is 0.207 e. The van der Waals surface area contributed by atoms with E-state index in [1.807, 2.05) is 6.19 Å². The molecule has 0 amide bonds. The zero-order valence-corrected chi connectivity index (χ0v) is 15.8. The molecule has 1 N–H and O–H groups in total. The Hall–Kier alpha value is -2.16. The third kappa shape index (κ3) is 3.52. The number of hydrogen-bond donors (Lipinski definition) is 1. The number of ether oxygens (including phenoxy) is 1. The second-order valence-electron chi connectivity index (χ2n) is 9.07. The number of nitriles is 1. The van der Waals surface area contributed by atoms with Gasteiger partial charge in [0, 0.05) is 11.6 Å². The van der Waals surface area contributed by atoms with Crippen molar-refractivity contribution >= 4 is 5.84 Å². The average molecular weight is 373 g/mol. The van der Waals surface area contributed by atoms with Crippen LogP contribution in [0.5, 0.6) is 5.75 Å². The Bertz CT molecular complexity index is 777. The van der Waals surface area contributed by atoms with Gasteiger partial charge in [0.25, 0.3) is 0 Å². The number of halogens is 2. The van der Waals surface area contributed by atoms with E-state index in [0.717, 1.165) is 49.1 Å². The molecule has 5 rings (SSSR count). The van der Waals surface area contributed by atoms with Gasteiger partial charge < -0.3 is 10.1 Å². The van der Waals surface area contributed by atoms with Crippen molar-refractivity contribution < 1.29 is 13.5 Å². The summed E-state index contributed by atoms with van der Waals surface area (Å²) in [5, 5.41) is 12.8. The number of hydrogen-bond acceptors (Lipinski definition) is 3. The minimum absolute atomic E-state index is 0.0492. The summed E-state index contributed by atoms with van der Waals surface area (Å²) in [4.78, 5) is 4.00. The summed E-state index contributed by atoms with van der Waals surface area (Å²) in [6, 6.07) is 3.21. The molecule has 0 aromatic heterocycles. The monoisotopic (exact) mass is 373 g/mol. The highest BCUT2D eigenvalue weighted by atomic mass is 19.1. The van der Waals surface area contributed by atoms with E-state index in [1.165, 1.54) is 25.3 Å². The maximum absolute atomic E-state index is 14.1. The fourth-order valence-electron chi connectivity index (χ4n) is 5.76. The van der Waals surface area contributed by atoms with Crippen LogP contribution in [0.2, 0.25) is 0 Å². The molecule has 6 heteroatoms. The van der Waals surface area contributed by atoms with Crippen molar-refractivity contribution in [1.29, 1.82) is 5.26 Å². The zero-order valence-electron chi connectivity index (χ0n) is 15.8. The summed E-state index contributed by atoms with van der Waals surface area (Å²) in [5.41, 5.74) is -1.09. The molecule has 0 heterocycles. The molecule has 27 heavy (non-hydrogen) atoms. The number of aliphatic imine (C=N–C) groups is 1. The van der Waals surface area contributed by atoms with Gasteiger partial charge >= 0.3 is 0 Å². The fraction of sp³-hybridized carbons (Fsp3) is 0.619. The first-order valence-corrected chi connectivity index (χ1v) is 9.68. The van der Waals surface area contributed by atoms with Gasteiger partial charge in [-0.05, 0) is 82.3 Å². The third-order valence-corrected chi connectivity index (χ3v) is 6.41. The lowest BCUT2D eigenvalue weighted by atomic mass is 9.53. The number of nitrogens with zero attached hydrogens (tertiary/aromatic N) is 2. The Morgan fingerprint density at radius 3 is 2.30 bits per heavy atom. The van der Waals surface area contributed by atoms with Crippen molar-refractivity contribution in [2.45, 2.75) is 63.5 Å². The van der Waals surface area contributed by atoms with E-state index in [1.54, 1.807) is 13.8 Å². The van der Waals surface area contributed by atoms with Crippen molar-refractivity contribution in [3.63, 3.8) is 0 Å². The van der Waals surface area contributed by atoms with E-state index >= 15 is 0 Å². The molecule has 1 aromatic carbocycles. The summed E-state index contributed by atoms with van der Waals surface area (Å²) in [5.74, 6) is 1.15. The number of nitrogens with one attached hydrogen (secondary N) is 1. The quantitative estimate of drug-likeness (QED) is 0.478. The predicted molar refractivity (Wildman–Crippen MR) is 98.2 cm³/mol. The van der Waals surface area contributed by atoms with Crippen LogP contribution < -0.4 is 10.1 Å². The topological polar surface area (TPSA) is 57.4 Å². The molecule has 4 fully saturated rings. The molecule has 0 spiro atoms. The van der Waals surface area contributed by atoms with Gasteiger partial charge in [0.1, 0.15) is 5.82 Å². The van der Waals surface area contributed by atoms with E-state index in [9.17, 15) is 14.0 Å². The smallest absolute Gasteiger partial charge is 0.207 e. The summed E-state index contributed by atoms with van der Waals surface area (Å²) in [7, 11) is 0. The largest absolute Gasteiger partial charge is 0.477 e. The molecule has 4 aliphatic carbocycles. The second-order valence-corrected chi connectivity index (χ2v) is 9.07. The third-order valence-electron chi connectivity index (χ3n) is 6.41. The molecule has 4 bridgehead atoms. The van der Waals surface area contributed by atoms with Gasteiger partial charge in [-0.25, -0.2) is 8.78 Å².